The quantitative estimate of drug-likeness (QED) is 0.641. The van der Waals surface area contributed by atoms with E-state index in [0.29, 0.717) is 18.7 Å². The Morgan fingerprint density at radius 3 is 2.74 bits per heavy atom. The van der Waals surface area contributed by atoms with Crippen LogP contribution in [0.2, 0.25) is 0 Å². The fraction of sp³-hybridized carbons (Fsp3) is 0.286. The minimum absolute atomic E-state index is 0.168. The van der Waals surface area contributed by atoms with E-state index in [-0.39, 0.29) is 10.6 Å². The molecule has 19 heavy (non-hydrogen) atoms. The minimum atomic E-state index is -0.343. The number of rotatable bonds is 6. The zero-order valence-electron chi connectivity index (χ0n) is 10.9. The van der Waals surface area contributed by atoms with Gasteiger partial charge in [-0.2, -0.15) is 0 Å². The van der Waals surface area contributed by atoms with E-state index in [0.717, 1.165) is 6.54 Å². The number of hydrogen-bond acceptors (Lipinski definition) is 3. The molecular weight excluding hydrogens is 242 g/mol. The van der Waals surface area contributed by atoms with E-state index in [1.54, 1.807) is 12.1 Å². The maximum atomic E-state index is 10.9. The van der Waals surface area contributed by atoms with Gasteiger partial charge in [0.15, 0.2) is 0 Å². The second-order valence-electron chi connectivity index (χ2n) is 4.34. The molecule has 0 aliphatic rings. The van der Waals surface area contributed by atoms with Crippen LogP contribution >= 0.6 is 0 Å². The lowest BCUT2D eigenvalue weighted by Crippen LogP contribution is -2.13. The van der Waals surface area contributed by atoms with Crippen LogP contribution in [0.3, 0.4) is 0 Å². The Bertz CT molecular complexity index is 563. The molecule has 100 valence electrons. The van der Waals surface area contributed by atoms with Gasteiger partial charge in [-0.1, -0.05) is 18.2 Å². The zero-order chi connectivity index (χ0) is 13.7. The van der Waals surface area contributed by atoms with Crippen LogP contribution < -0.4 is 5.32 Å². The van der Waals surface area contributed by atoms with Crippen molar-refractivity contribution in [2.75, 3.05) is 0 Å². The lowest BCUT2D eigenvalue weighted by Gasteiger charge is -2.04. The van der Waals surface area contributed by atoms with Gasteiger partial charge >= 0.3 is 0 Å². The maximum Gasteiger partial charge on any atom is 0.273 e. The minimum Gasteiger partial charge on any atom is -0.354 e. The summed E-state index contributed by atoms with van der Waals surface area (Å²) in [5, 5.41) is 14.1. The van der Waals surface area contributed by atoms with E-state index in [1.165, 1.54) is 11.6 Å². The highest BCUT2D eigenvalue weighted by Crippen LogP contribution is 2.17. The van der Waals surface area contributed by atoms with Crippen LogP contribution in [-0.2, 0) is 19.6 Å². The maximum absolute atomic E-state index is 10.9. The smallest absolute Gasteiger partial charge is 0.273 e. The fourth-order valence-corrected chi connectivity index (χ4v) is 1.97. The normalized spacial score (nSPS) is 10.6. The van der Waals surface area contributed by atoms with Crippen LogP contribution in [0.1, 0.15) is 18.1 Å². The summed E-state index contributed by atoms with van der Waals surface area (Å²) in [5.41, 5.74) is 2.06. The molecule has 1 N–H and O–H groups in total. The van der Waals surface area contributed by atoms with E-state index < -0.39 is 0 Å². The van der Waals surface area contributed by atoms with Crippen molar-refractivity contribution in [3.8, 4) is 0 Å². The monoisotopic (exact) mass is 259 g/mol. The largest absolute Gasteiger partial charge is 0.354 e. The third kappa shape index (κ3) is 3.42. The van der Waals surface area contributed by atoms with Gasteiger partial charge in [0.05, 0.1) is 4.92 Å². The lowest BCUT2D eigenvalue weighted by atomic mass is 10.2. The number of aryl methyl sites for hydroxylation is 1. The molecule has 0 aliphatic heterocycles. The highest BCUT2D eigenvalue weighted by molar-refractivity contribution is 5.39. The van der Waals surface area contributed by atoms with Crippen LogP contribution in [0.4, 0.5) is 5.69 Å². The molecule has 0 unspecified atom stereocenters. The topological polar surface area (TPSA) is 60.1 Å². The average molecular weight is 259 g/mol. The summed E-state index contributed by atoms with van der Waals surface area (Å²) < 4.78 is 2.10. The molecule has 0 radical (unpaired) electrons. The first-order valence-electron chi connectivity index (χ1n) is 6.28. The molecule has 0 amide bonds. The standard InChI is InChI=1S/C14H17N3O2/c1-2-16-8-7-12(11-16)9-15-10-13-5-3-4-6-14(13)17(18)19/h3-8,11,15H,2,9-10H2,1H3. The van der Waals surface area contributed by atoms with Crippen LogP contribution in [0.25, 0.3) is 0 Å². The SMILES string of the molecule is CCn1ccc(CNCc2ccccc2[N+](=O)[O-])c1. The van der Waals surface area contributed by atoms with Crippen molar-refractivity contribution in [3.05, 3.63) is 64.0 Å². The van der Waals surface area contributed by atoms with E-state index in [1.807, 2.05) is 12.3 Å². The van der Waals surface area contributed by atoms with Crippen molar-refractivity contribution in [2.45, 2.75) is 26.6 Å². The molecule has 2 rings (SSSR count). The van der Waals surface area contributed by atoms with Gasteiger partial charge in [-0.15, -0.1) is 0 Å². The third-order valence-electron chi connectivity index (χ3n) is 3.01. The van der Waals surface area contributed by atoms with Gasteiger partial charge in [-0.05, 0) is 18.6 Å². The predicted octanol–water partition coefficient (Wildman–Crippen LogP) is 2.71. The molecule has 1 aromatic heterocycles. The lowest BCUT2D eigenvalue weighted by molar-refractivity contribution is -0.385. The van der Waals surface area contributed by atoms with E-state index >= 15 is 0 Å². The predicted molar refractivity (Wildman–Crippen MR) is 73.7 cm³/mol. The first kappa shape index (κ1) is 13.3. The van der Waals surface area contributed by atoms with Crippen molar-refractivity contribution in [2.24, 2.45) is 0 Å². The molecule has 5 nitrogen and oxygen atoms in total. The van der Waals surface area contributed by atoms with Crippen LogP contribution in [0, 0.1) is 10.1 Å². The average Bonchev–Trinajstić information content (AvgIpc) is 2.87. The van der Waals surface area contributed by atoms with E-state index in [4.69, 9.17) is 0 Å². The third-order valence-corrected chi connectivity index (χ3v) is 3.01. The van der Waals surface area contributed by atoms with Crippen molar-refractivity contribution < 1.29 is 4.92 Å². The molecule has 0 saturated heterocycles. The molecule has 0 spiro atoms. The Hall–Kier alpha value is -2.14. The van der Waals surface area contributed by atoms with Gasteiger partial charge in [0.25, 0.3) is 5.69 Å². The molecule has 1 aromatic carbocycles. The Balaban J connectivity index is 1.94. The number of nitro groups is 1. The summed E-state index contributed by atoms with van der Waals surface area (Å²) in [5.74, 6) is 0. The van der Waals surface area contributed by atoms with Crippen molar-refractivity contribution in [1.29, 1.82) is 0 Å². The first-order valence-corrected chi connectivity index (χ1v) is 6.28. The summed E-state index contributed by atoms with van der Waals surface area (Å²) in [7, 11) is 0. The fourth-order valence-electron chi connectivity index (χ4n) is 1.97. The number of benzene rings is 1. The first-order chi connectivity index (χ1) is 9.20. The summed E-state index contributed by atoms with van der Waals surface area (Å²) >= 11 is 0. The van der Waals surface area contributed by atoms with E-state index in [9.17, 15) is 10.1 Å². The Morgan fingerprint density at radius 1 is 1.26 bits per heavy atom. The zero-order valence-corrected chi connectivity index (χ0v) is 10.9. The number of nitrogens with zero attached hydrogens (tertiary/aromatic N) is 2. The van der Waals surface area contributed by atoms with Crippen LogP contribution in [0.5, 0.6) is 0 Å². The Labute approximate surface area is 112 Å². The molecule has 5 heteroatoms. The molecule has 0 bridgehead atoms. The van der Waals surface area contributed by atoms with E-state index in [2.05, 4.69) is 29.1 Å². The molecule has 0 saturated carbocycles. The number of hydrogen-bond donors (Lipinski definition) is 1. The van der Waals surface area contributed by atoms with Crippen molar-refractivity contribution in [1.82, 2.24) is 9.88 Å². The molecule has 1 heterocycles. The molecule has 2 aromatic rings. The van der Waals surface area contributed by atoms with Gasteiger partial charge in [0, 0.05) is 43.7 Å². The van der Waals surface area contributed by atoms with Gasteiger partial charge in [0.2, 0.25) is 0 Å². The second kappa shape index (κ2) is 6.15. The number of para-hydroxylation sites is 1. The highest BCUT2D eigenvalue weighted by atomic mass is 16.6. The van der Waals surface area contributed by atoms with Crippen LogP contribution in [-0.4, -0.2) is 9.49 Å². The Morgan fingerprint density at radius 2 is 2.05 bits per heavy atom. The van der Waals surface area contributed by atoms with Crippen LogP contribution in [0.15, 0.2) is 42.7 Å². The molecular formula is C14H17N3O2. The number of nitrogens with one attached hydrogen (secondary N) is 1. The van der Waals surface area contributed by atoms with Crippen molar-refractivity contribution in [3.63, 3.8) is 0 Å². The number of nitro benzene ring substituents is 1. The molecule has 0 aliphatic carbocycles. The van der Waals surface area contributed by atoms with Gasteiger partial charge in [0.1, 0.15) is 0 Å². The summed E-state index contributed by atoms with van der Waals surface area (Å²) in [4.78, 5) is 10.5. The van der Waals surface area contributed by atoms with Gasteiger partial charge in [-0.3, -0.25) is 10.1 Å². The number of aromatic nitrogens is 1. The summed E-state index contributed by atoms with van der Waals surface area (Å²) in [6.45, 7) is 4.24. The van der Waals surface area contributed by atoms with Gasteiger partial charge < -0.3 is 9.88 Å². The molecule has 0 fully saturated rings. The highest BCUT2D eigenvalue weighted by Gasteiger charge is 2.11. The molecule has 0 atom stereocenters. The van der Waals surface area contributed by atoms with Crippen molar-refractivity contribution >= 4 is 5.69 Å². The van der Waals surface area contributed by atoms with Gasteiger partial charge in [-0.25, -0.2) is 0 Å². The second-order valence-corrected chi connectivity index (χ2v) is 4.34. The summed E-state index contributed by atoms with van der Waals surface area (Å²) in [6.07, 6.45) is 4.11. The Kier molecular flexibility index (Phi) is 4.30. The summed E-state index contributed by atoms with van der Waals surface area (Å²) in [6, 6.07) is 8.86.